The third-order valence-electron chi connectivity index (χ3n) is 2.21. The van der Waals surface area contributed by atoms with E-state index in [1.807, 2.05) is 12.3 Å². The number of carbonyl (C=O) groups is 2. The number of carbonyl (C=O) groups excluding carboxylic acids is 1. The number of hydrogen-bond donors (Lipinski definition) is 3. The fourth-order valence-corrected chi connectivity index (χ4v) is 2.12. The van der Waals surface area contributed by atoms with Gasteiger partial charge in [0, 0.05) is 17.1 Å². The Kier molecular flexibility index (Phi) is 4.66. The largest absolute Gasteiger partial charge is 0.481 e. The number of urea groups is 1. The van der Waals surface area contributed by atoms with Gasteiger partial charge >= 0.3 is 12.0 Å². The van der Waals surface area contributed by atoms with Crippen molar-refractivity contribution in [2.75, 3.05) is 0 Å². The van der Waals surface area contributed by atoms with E-state index in [1.54, 1.807) is 20.0 Å². The highest BCUT2D eigenvalue weighted by atomic mass is 32.1. The molecule has 0 saturated carbocycles. The summed E-state index contributed by atoms with van der Waals surface area (Å²) in [7, 11) is 0. The number of thiazole rings is 1. The Bertz CT molecular complexity index is 417. The number of nitrogens with one attached hydrogen (secondary N) is 2. The number of hydrogen-bond acceptors (Lipinski definition) is 4. The molecule has 7 heteroatoms. The van der Waals surface area contributed by atoms with Gasteiger partial charge in [0.1, 0.15) is 5.01 Å². The zero-order chi connectivity index (χ0) is 13.8. The van der Waals surface area contributed by atoms with E-state index >= 15 is 0 Å². The predicted molar refractivity (Wildman–Crippen MR) is 68.5 cm³/mol. The van der Waals surface area contributed by atoms with Crippen LogP contribution in [0.4, 0.5) is 4.79 Å². The van der Waals surface area contributed by atoms with Gasteiger partial charge in [-0.3, -0.25) is 4.79 Å². The van der Waals surface area contributed by atoms with Crippen molar-refractivity contribution in [3.8, 4) is 0 Å². The van der Waals surface area contributed by atoms with Crippen molar-refractivity contribution in [2.45, 2.75) is 38.8 Å². The molecule has 6 nitrogen and oxygen atoms in total. The van der Waals surface area contributed by atoms with E-state index in [4.69, 9.17) is 5.11 Å². The number of carboxylic acid groups (broad SMARTS) is 1. The van der Waals surface area contributed by atoms with Crippen molar-refractivity contribution in [2.24, 2.45) is 0 Å². The van der Waals surface area contributed by atoms with Gasteiger partial charge < -0.3 is 15.7 Å². The van der Waals surface area contributed by atoms with Gasteiger partial charge in [-0.05, 0) is 20.8 Å². The Morgan fingerprint density at radius 2 is 2.22 bits per heavy atom. The molecular formula is C11H17N3O3S. The van der Waals surface area contributed by atoms with E-state index in [2.05, 4.69) is 15.6 Å². The second-order valence-corrected chi connectivity index (χ2v) is 5.57. The molecule has 1 heterocycles. The summed E-state index contributed by atoms with van der Waals surface area (Å²) >= 11 is 1.45. The molecule has 1 unspecified atom stereocenters. The van der Waals surface area contributed by atoms with Crippen LogP contribution in [0.2, 0.25) is 0 Å². The molecule has 3 N–H and O–H groups in total. The maximum Gasteiger partial charge on any atom is 0.315 e. The van der Waals surface area contributed by atoms with Crippen LogP contribution < -0.4 is 10.6 Å². The van der Waals surface area contributed by atoms with E-state index < -0.39 is 17.5 Å². The van der Waals surface area contributed by atoms with Gasteiger partial charge in [-0.1, -0.05) is 0 Å². The molecule has 0 aromatic carbocycles. The Morgan fingerprint density at radius 1 is 1.56 bits per heavy atom. The summed E-state index contributed by atoms with van der Waals surface area (Å²) in [6, 6.07) is -0.602. The summed E-state index contributed by atoms with van der Waals surface area (Å²) in [6.07, 6.45) is 1.54. The summed E-state index contributed by atoms with van der Waals surface area (Å²) in [5, 5.41) is 16.7. The van der Waals surface area contributed by atoms with Crippen molar-refractivity contribution in [1.29, 1.82) is 0 Å². The Hall–Kier alpha value is -1.63. The van der Waals surface area contributed by atoms with E-state index in [0.717, 1.165) is 5.01 Å². The van der Waals surface area contributed by atoms with Crippen LogP contribution in [0.15, 0.2) is 11.6 Å². The molecule has 1 rings (SSSR count). The third kappa shape index (κ3) is 4.70. The van der Waals surface area contributed by atoms with Crippen LogP contribution in [0.1, 0.15) is 38.2 Å². The monoisotopic (exact) mass is 271 g/mol. The van der Waals surface area contributed by atoms with E-state index in [0.29, 0.717) is 0 Å². The second-order valence-electron chi connectivity index (χ2n) is 4.64. The van der Waals surface area contributed by atoms with Crippen molar-refractivity contribution < 1.29 is 14.7 Å². The average Bonchev–Trinajstić information content (AvgIpc) is 2.65. The van der Waals surface area contributed by atoms with Gasteiger partial charge in [-0.15, -0.1) is 11.3 Å². The summed E-state index contributed by atoms with van der Waals surface area (Å²) in [5.74, 6) is -0.951. The van der Waals surface area contributed by atoms with E-state index in [1.165, 1.54) is 11.3 Å². The van der Waals surface area contributed by atoms with Gasteiger partial charge in [-0.25, -0.2) is 9.78 Å². The van der Waals surface area contributed by atoms with Gasteiger partial charge in [0.15, 0.2) is 0 Å². The molecule has 1 aromatic heterocycles. The van der Waals surface area contributed by atoms with Crippen LogP contribution in [0.25, 0.3) is 0 Å². The SMILES string of the molecule is CC(NC(=O)NC(C)(C)CC(=O)O)c1nccs1. The van der Waals surface area contributed by atoms with Crippen LogP contribution in [0, 0.1) is 0 Å². The highest BCUT2D eigenvalue weighted by molar-refractivity contribution is 7.09. The van der Waals surface area contributed by atoms with Crippen molar-refractivity contribution in [3.05, 3.63) is 16.6 Å². The molecular weight excluding hydrogens is 254 g/mol. The predicted octanol–water partition coefficient (Wildman–Crippen LogP) is 1.76. The average molecular weight is 271 g/mol. The Labute approximate surface area is 109 Å². The van der Waals surface area contributed by atoms with Gasteiger partial charge in [0.25, 0.3) is 0 Å². The zero-order valence-corrected chi connectivity index (χ0v) is 11.4. The van der Waals surface area contributed by atoms with Gasteiger partial charge in [0.05, 0.1) is 12.5 Å². The number of aliphatic carboxylic acids is 1. The molecule has 0 aliphatic carbocycles. The first-order valence-corrected chi connectivity index (χ1v) is 6.38. The number of carboxylic acids is 1. The number of aromatic nitrogens is 1. The molecule has 0 spiro atoms. The highest BCUT2D eigenvalue weighted by Gasteiger charge is 2.24. The third-order valence-corrected chi connectivity index (χ3v) is 3.17. The van der Waals surface area contributed by atoms with Gasteiger partial charge in [-0.2, -0.15) is 0 Å². The summed E-state index contributed by atoms with van der Waals surface area (Å²) in [6.45, 7) is 5.14. The molecule has 0 saturated heterocycles. The van der Waals surface area contributed by atoms with Crippen LogP contribution in [-0.2, 0) is 4.79 Å². The highest BCUT2D eigenvalue weighted by Crippen LogP contribution is 2.15. The lowest BCUT2D eigenvalue weighted by Gasteiger charge is -2.25. The standard InChI is InChI=1S/C11H17N3O3S/c1-7(9-12-4-5-18-9)13-10(17)14-11(2,3)6-8(15)16/h4-5,7H,6H2,1-3H3,(H,15,16)(H2,13,14,17). The maximum atomic E-state index is 11.7. The topological polar surface area (TPSA) is 91.3 Å². The molecule has 0 aliphatic rings. The quantitative estimate of drug-likeness (QED) is 0.761. The molecule has 0 fully saturated rings. The lowest BCUT2D eigenvalue weighted by Crippen LogP contribution is -2.49. The second kappa shape index (κ2) is 5.81. The number of nitrogens with zero attached hydrogens (tertiary/aromatic N) is 1. The van der Waals surface area contributed by atoms with Crippen LogP contribution in [-0.4, -0.2) is 27.6 Å². The smallest absolute Gasteiger partial charge is 0.315 e. The lowest BCUT2D eigenvalue weighted by molar-refractivity contribution is -0.138. The molecule has 2 amide bonds. The molecule has 1 atom stereocenters. The molecule has 1 aromatic rings. The number of amides is 2. The van der Waals surface area contributed by atoms with Crippen LogP contribution in [0.3, 0.4) is 0 Å². The lowest BCUT2D eigenvalue weighted by atomic mass is 10.0. The minimum Gasteiger partial charge on any atom is -0.481 e. The molecule has 0 aliphatic heterocycles. The van der Waals surface area contributed by atoms with Crippen molar-refractivity contribution in [1.82, 2.24) is 15.6 Å². The molecule has 18 heavy (non-hydrogen) atoms. The number of rotatable bonds is 5. The normalized spacial score (nSPS) is 12.8. The first kappa shape index (κ1) is 14.4. The van der Waals surface area contributed by atoms with Crippen LogP contribution >= 0.6 is 11.3 Å². The van der Waals surface area contributed by atoms with E-state index in [9.17, 15) is 9.59 Å². The van der Waals surface area contributed by atoms with Crippen LogP contribution in [0.5, 0.6) is 0 Å². The Morgan fingerprint density at radius 3 is 2.72 bits per heavy atom. The summed E-state index contributed by atoms with van der Waals surface area (Å²) in [4.78, 5) is 26.4. The summed E-state index contributed by atoms with van der Waals surface area (Å²) in [5.41, 5.74) is -0.793. The van der Waals surface area contributed by atoms with Gasteiger partial charge in [0.2, 0.25) is 0 Å². The maximum absolute atomic E-state index is 11.7. The van der Waals surface area contributed by atoms with E-state index in [-0.39, 0.29) is 12.5 Å². The molecule has 0 radical (unpaired) electrons. The van der Waals surface area contributed by atoms with Crippen molar-refractivity contribution in [3.63, 3.8) is 0 Å². The summed E-state index contributed by atoms with van der Waals surface area (Å²) < 4.78 is 0. The zero-order valence-electron chi connectivity index (χ0n) is 10.6. The first-order valence-electron chi connectivity index (χ1n) is 5.50. The van der Waals surface area contributed by atoms with Crippen molar-refractivity contribution >= 4 is 23.3 Å². The minimum absolute atomic E-state index is 0.133. The molecule has 0 bridgehead atoms. The fourth-order valence-electron chi connectivity index (χ4n) is 1.47. The molecule has 100 valence electrons. The Balaban J connectivity index is 2.49. The first-order chi connectivity index (χ1) is 8.30. The fraction of sp³-hybridized carbons (Fsp3) is 0.545. The minimum atomic E-state index is -0.951.